The smallest absolute Gasteiger partial charge is 0.406 e. The van der Waals surface area contributed by atoms with E-state index in [1.54, 1.807) is 31.3 Å². The maximum Gasteiger partial charge on any atom is 0.573 e. The van der Waals surface area contributed by atoms with Gasteiger partial charge in [-0.15, -0.1) is 13.2 Å². The first-order valence-corrected chi connectivity index (χ1v) is 9.64. The number of nitrogens with zero attached hydrogens (tertiary/aromatic N) is 4. The van der Waals surface area contributed by atoms with Crippen molar-refractivity contribution in [3.05, 3.63) is 75.9 Å². The molecule has 0 spiro atoms. The van der Waals surface area contributed by atoms with Gasteiger partial charge in [-0.05, 0) is 42.7 Å². The molecule has 10 heteroatoms. The zero-order valence-electron chi connectivity index (χ0n) is 15.8. The molecule has 1 aromatic carbocycles. The number of alkyl halides is 3. The van der Waals surface area contributed by atoms with Gasteiger partial charge in [0.2, 0.25) is 0 Å². The molecule has 0 unspecified atom stereocenters. The molecule has 0 aliphatic heterocycles. The second-order valence-corrected chi connectivity index (χ2v) is 7.21. The van der Waals surface area contributed by atoms with Crippen molar-refractivity contribution in [2.45, 2.75) is 26.3 Å². The first-order valence-electron chi connectivity index (χ1n) is 8.88. The molecule has 0 N–H and O–H groups in total. The van der Waals surface area contributed by atoms with Crippen LogP contribution >= 0.6 is 23.2 Å². The van der Waals surface area contributed by atoms with Crippen molar-refractivity contribution in [3.8, 4) is 5.75 Å². The number of aromatic nitrogens is 3. The Balaban J connectivity index is 1.77. The molecule has 0 atom stereocenters. The fraction of sp³-hybridized carbons (Fsp3) is 0.250. The van der Waals surface area contributed by atoms with Crippen molar-refractivity contribution in [2.24, 2.45) is 0 Å². The average molecular weight is 457 g/mol. The standard InChI is InChI=1S/C20H17Cl2F3N4O/c1-13-18(22)19(28-12-27-13)29(11-15-4-7-17(21)26-10-15)9-8-14-2-5-16(6-3-14)30-20(23,24)25/h2-7,10,12H,8-9,11H2,1H3. The molecule has 2 aromatic heterocycles. The highest BCUT2D eigenvalue weighted by atomic mass is 35.5. The summed E-state index contributed by atoms with van der Waals surface area (Å²) in [7, 11) is 0. The van der Waals surface area contributed by atoms with Crippen LogP contribution in [-0.2, 0) is 13.0 Å². The number of pyridine rings is 1. The van der Waals surface area contributed by atoms with Crippen LogP contribution in [0.3, 0.4) is 0 Å². The van der Waals surface area contributed by atoms with Gasteiger partial charge in [0.25, 0.3) is 0 Å². The molecule has 0 fully saturated rings. The highest BCUT2D eigenvalue weighted by molar-refractivity contribution is 6.33. The first-order chi connectivity index (χ1) is 14.2. The van der Waals surface area contributed by atoms with Crippen molar-refractivity contribution < 1.29 is 17.9 Å². The Labute approximate surface area is 181 Å². The van der Waals surface area contributed by atoms with Crippen molar-refractivity contribution >= 4 is 29.0 Å². The zero-order chi connectivity index (χ0) is 21.7. The largest absolute Gasteiger partial charge is 0.573 e. The number of ether oxygens (including phenoxy) is 1. The average Bonchev–Trinajstić information content (AvgIpc) is 2.69. The Bertz CT molecular complexity index is 983. The molecule has 3 aromatic rings. The fourth-order valence-corrected chi connectivity index (χ4v) is 3.10. The highest BCUT2D eigenvalue weighted by Crippen LogP contribution is 2.27. The molecule has 0 saturated heterocycles. The fourth-order valence-electron chi connectivity index (χ4n) is 2.77. The van der Waals surface area contributed by atoms with E-state index in [1.807, 2.05) is 11.0 Å². The zero-order valence-corrected chi connectivity index (χ0v) is 17.3. The van der Waals surface area contributed by atoms with Gasteiger partial charge in [0, 0.05) is 19.3 Å². The molecule has 5 nitrogen and oxygen atoms in total. The Hall–Kier alpha value is -2.58. The second-order valence-electron chi connectivity index (χ2n) is 6.45. The van der Waals surface area contributed by atoms with E-state index >= 15 is 0 Å². The predicted molar refractivity (Wildman–Crippen MR) is 109 cm³/mol. The summed E-state index contributed by atoms with van der Waals surface area (Å²) in [5, 5.41) is 0.829. The molecule has 0 aliphatic rings. The van der Waals surface area contributed by atoms with Crippen molar-refractivity contribution in [1.29, 1.82) is 0 Å². The number of halogens is 5. The summed E-state index contributed by atoms with van der Waals surface area (Å²) in [6.45, 7) is 2.77. The molecular formula is C20H17Cl2F3N4O. The van der Waals surface area contributed by atoms with Crippen molar-refractivity contribution in [3.63, 3.8) is 0 Å². The van der Waals surface area contributed by atoms with E-state index in [0.717, 1.165) is 11.1 Å². The lowest BCUT2D eigenvalue weighted by molar-refractivity contribution is -0.274. The van der Waals surface area contributed by atoms with Crippen LogP contribution in [0.1, 0.15) is 16.8 Å². The Morgan fingerprint density at radius 1 is 0.967 bits per heavy atom. The summed E-state index contributed by atoms with van der Waals surface area (Å²) < 4.78 is 40.9. The van der Waals surface area contributed by atoms with Gasteiger partial charge in [0.15, 0.2) is 5.82 Å². The van der Waals surface area contributed by atoms with Gasteiger partial charge in [-0.1, -0.05) is 41.4 Å². The summed E-state index contributed by atoms with van der Waals surface area (Å²) in [4.78, 5) is 14.5. The maximum absolute atomic E-state index is 12.3. The lowest BCUT2D eigenvalue weighted by atomic mass is 10.1. The maximum atomic E-state index is 12.3. The minimum Gasteiger partial charge on any atom is -0.406 e. The molecule has 158 valence electrons. The minimum absolute atomic E-state index is 0.259. The van der Waals surface area contributed by atoms with Crippen LogP contribution in [0.4, 0.5) is 19.0 Å². The summed E-state index contributed by atoms with van der Waals surface area (Å²) in [5.41, 5.74) is 2.39. The van der Waals surface area contributed by atoms with Crippen LogP contribution in [0, 0.1) is 6.92 Å². The molecule has 0 aliphatic carbocycles. The quantitative estimate of drug-likeness (QED) is 0.430. The van der Waals surface area contributed by atoms with E-state index in [-0.39, 0.29) is 5.75 Å². The SMILES string of the molecule is Cc1ncnc(N(CCc2ccc(OC(F)(F)F)cc2)Cc2ccc(Cl)nc2)c1Cl. The Kier molecular flexibility index (Phi) is 6.99. The van der Waals surface area contributed by atoms with Gasteiger partial charge in [-0.3, -0.25) is 0 Å². The number of anilines is 1. The molecular weight excluding hydrogens is 440 g/mol. The number of aryl methyl sites for hydroxylation is 1. The van der Waals surface area contributed by atoms with E-state index in [2.05, 4.69) is 19.7 Å². The van der Waals surface area contributed by atoms with Crippen molar-refractivity contribution in [1.82, 2.24) is 15.0 Å². The lowest BCUT2D eigenvalue weighted by Gasteiger charge is -2.25. The molecule has 30 heavy (non-hydrogen) atoms. The number of hydrogen-bond donors (Lipinski definition) is 0. The van der Waals surface area contributed by atoms with Crippen LogP contribution in [0.15, 0.2) is 48.9 Å². The number of rotatable bonds is 7. The minimum atomic E-state index is -4.72. The number of hydrogen-bond acceptors (Lipinski definition) is 5. The molecule has 0 radical (unpaired) electrons. The topological polar surface area (TPSA) is 51.1 Å². The van der Waals surface area contributed by atoms with Gasteiger partial charge in [0.05, 0.1) is 5.69 Å². The van der Waals surface area contributed by atoms with Gasteiger partial charge in [0.1, 0.15) is 22.3 Å². The molecule has 0 saturated carbocycles. The molecule has 0 amide bonds. The number of benzene rings is 1. The van der Waals surface area contributed by atoms with Crippen LogP contribution in [0.2, 0.25) is 10.2 Å². The third-order valence-electron chi connectivity index (χ3n) is 4.23. The van der Waals surface area contributed by atoms with E-state index < -0.39 is 6.36 Å². The summed E-state index contributed by atoms with van der Waals surface area (Å²) in [6.07, 6.45) is -1.06. The molecule has 0 bridgehead atoms. The van der Waals surface area contributed by atoms with Crippen LogP contribution < -0.4 is 9.64 Å². The van der Waals surface area contributed by atoms with Gasteiger partial charge >= 0.3 is 6.36 Å². The molecule has 2 heterocycles. The molecule has 3 rings (SSSR count). The van der Waals surface area contributed by atoms with E-state index in [1.165, 1.54) is 18.5 Å². The Morgan fingerprint density at radius 3 is 2.30 bits per heavy atom. The highest BCUT2D eigenvalue weighted by Gasteiger charge is 2.30. The van der Waals surface area contributed by atoms with Crippen LogP contribution in [0.25, 0.3) is 0 Å². The van der Waals surface area contributed by atoms with Gasteiger partial charge in [-0.25, -0.2) is 15.0 Å². The Morgan fingerprint density at radius 2 is 1.67 bits per heavy atom. The summed E-state index contributed by atoms with van der Waals surface area (Å²) >= 11 is 12.3. The first kappa shape index (κ1) is 22.1. The van der Waals surface area contributed by atoms with E-state index in [0.29, 0.717) is 41.2 Å². The third kappa shape index (κ3) is 6.21. The summed E-state index contributed by atoms with van der Waals surface area (Å²) in [5.74, 6) is 0.306. The van der Waals surface area contributed by atoms with E-state index in [4.69, 9.17) is 23.2 Å². The van der Waals surface area contributed by atoms with Crippen LogP contribution in [-0.4, -0.2) is 27.9 Å². The predicted octanol–water partition coefficient (Wildman–Crippen LogP) is 5.63. The third-order valence-corrected chi connectivity index (χ3v) is 4.90. The second kappa shape index (κ2) is 9.49. The van der Waals surface area contributed by atoms with Crippen LogP contribution in [0.5, 0.6) is 5.75 Å². The van der Waals surface area contributed by atoms with Gasteiger partial charge < -0.3 is 9.64 Å². The monoisotopic (exact) mass is 456 g/mol. The summed E-state index contributed by atoms with van der Waals surface area (Å²) in [6, 6.07) is 9.32. The normalized spacial score (nSPS) is 11.4. The van der Waals surface area contributed by atoms with Gasteiger partial charge in [-0.2, -0.15) is 0 Å². The van der Waals surface area contributed by atoms with E-state index in [9.17, 15) is 13.2 Å². The van der Waals surface area contributed by atoms with Crippen molar-refractivity contribution in [2.75, 3.05) is 11.4 Å². The lowest BCUT2D eigenvalue weighted by Crippen LogP contribution is -2.27.